The van der Waals surface area contributed by atoms with E-state index in [1.165, 1.54) is 32.4 Å². The molecular formula is C16H34N2O. The van der Waals surface area contributed by atoms with E-state index in [1.54, 1.807) is 7.11 Å². The maximum absolute atomic E-state index is 5.15. The second-order valence-electron chi connectivity index (χ2n) is 6.41. The summed E-state index contributed by atoms with van der Waals surface area (Å²) in [6.07, 6.45) is 3.70. The second-order valence-corrected chi connectivity index (χ2v) is 6.41. The molecule has 3 unspecified atom stereocenters. The number of unbranched alkanes of at least 4 members (excludes halogenated alkanes) is 1. The van der Waals surface area contributed by atoms with Gasteiger partial charge in [-0.15, -0.1) is 0 Å². The standard InChI is InChI=1S/C16H34N2O/c1-6-14(4)15-12-18(9-7-8-10-19-5)16(11-17-15)13(2)3/h13-17H,6-12H2,1-5H3. The van der Waals surface area contributed by atoms with Gasteiger partial charge in [0.2, 0.25) is 0 Å². The summed E-state index contributed by atoms with van der Waals surface area (Å²) in [5.41, 5.74) is 0. The smallest absolute Gasteiger partial charge is 0.0462 e. The Labute approximate surface area is 120 Å². The van der Waals surface area contributed by atoms with Gasteiger partial charge in [0, 0.05) is 38.9 Å². The largest absolute Gasteiger partial charge is 0.385 e. The minimum Gasteiger partial charge on any atom is -0.385 e. The van der Waals surface area contributed by atoms with E-state index in [0.29, 0.717) is 12.1 Å². The molecule has 19 heavy (non-hydrogen) atoms. The van der Waals surface area contributed by atoms with Crippen LogP contribution in [0.5, 0.6) is 0 Å². The zero-order valence-corrected chi connectivity index (χ0v) is 13.6. The first kappa shape index (κ1) is 16.9. The molecule has 0 aliphatic carbocycles. The minimum absolute atomic E-state index is 0.669. The first-order chi connectivity index (χ1) is 9.10. The third-order valence-electron chi connectivity index (χ3n) is 4.63. The lowest BCUT2D eigenvalue weighted by atomic mass is 9.92. The normalized spacial score (nSPS) is 26.8. The number of rotatable bonds is 8. The summed E-state index contributed by atoms with van der Waals surface area (Å²) in [5.74, 6) is 1.50. The van der Waals surface area contributed by atoms with Crippen molar-refractivity contribution in [3.8, 4) is 0 Å². The molecule has 3 heteroatoms. The zero-order chi connectivity index (χ0) is 14.3. The maximum Gasteiger partial charge on any atom is 0.0462 e. The lowest BCUT2D eigenvalue weighted by Gasteiger charge is -2.44. The molecule has 0 aromatic heterocycles. The Kier molecular flexibility index (Phi) is 7.96. The highest BCUT2D eigenvalue weighted by Gasteiger charge is 2.31. The fourth-order valence-corrected chi connectivity index (χ4v) is 3.00. The van der Waals surface area contributed by atoms with Crippen molar-refractivity contribution in [2.45, 2.75) is 59.0 Å². The zero-order valence-electron chi connectivity index (χ0n) is 13.6. The predicted molar refractivity (Wildman–Crippen MR) is 82.6 cm³/mol. The van der Waals surface area contributed by atoms with Crippen LogP contribution in [0.2, 0.25) is 0 Å². The Hall–Kier alpha value is -0.120. The molecule has 0 saturated carbocycles. The van der Waals surface area contributed by atoms with E-state index in [1.807, 2.05) is 0 Å². The molecule has 1 saturated heterocycles. The fourth-order valence-electron chi connectivity index (χ4n) is 3.00. The van der Waals surface area contributed by atoms with Crippen LogP contribution < -0.4 is 5.32 Å². The van der Waals surface area contributed by atoms with Crippen molar-refractivity contribution in [1.29, 1.82) is 0 Å². The van der Waals surface area contributed by atoms with Gasteiger partial charge >= 0.3 is 0 Å². The number of nitrogens with zero attached hydrogens (tertiary/aromatic N) is 1. The highest BCUT2D eigenvalue weighted by atomic mass is 16.5. The Bertz CT molecular complexity index is 233. The molecule has 1 aliphatic rings. The summed E-state index contributed by atoms with van der Waals surface area (Å²) >= 11 is 0. The summed E-state index contributed by atoms with van der Waals surface area (Å²) in [6, 6.07) is 1.37. The Morgan fingerprint density at radius 1 is 1.26 bits per heavy atom. The van der Waals surface area contributed by atoms with Crippen LogP contribution >= 0.6 is 0 Å². The molecule has 1 N–H and O–H groups in total. The van der Waals surface area contributed by atoms with Crippen molar-refractivity contribution in [2.75, 3.05) is 33.4 Å². The Balaban J connectivity index is 2.48. The average molecular weight is 270 g/mol. The minimum atomic E-state index is 0.669. The van der Waals surface area contributed by atoms with Crippen LogP contribution in [0.25, 0.3) is 0 Å². The summed E-state index contributed by atoms with van der Waals surface area (Å²) < 4.78 is 5.15. The van der Waals surface area contributed by atoms with Crippen molar-refractivity contribution in [2.24, 2.45) is 11.8 Å². The van der Waals surface area contributed by atoms with Gasteiger partial charge in [0.05, 0.1) is 0 Å². The Morgan fingerprint density at radius 2 is 2.00 bits per heavy atom. The monoisotopic (exact) mass is 270 g/mol. The average Bonchev–Trinajstić information content (AvgIpc) is 2.42. The predicted octanol–water partition coefficient (Wildman–Crippen LogP) is 2.76. The molecule has 3 nitrogen and oxygen atoms in total. The molecule has 1 aliphatic heterocycles. The quantitative estimate of drug-likeness (QED) is 0.686. The molecule has 0 spiro atoms. The van der Waals surface area contributed by atoms with Crippen LogP contribution in [0, 0.1) is 11.8 Å². The highest BCUT2D eigenvalue weighted by Crippen LogP contribution is 2.20. The van der Waals surface area contributed by atoms with Crippen molar-refractivity contribution in [1.82, 2.24) is 10.2 Å². The summed E-state index contributed by atoms with van der Waals surface area (Å²) in [4.78, 5) is 2.72. The van der Waals surface area contributed by atoms with Gasteiger partial charge in [-0.2, -0.15) is 0 Å². The third kappa shape index (κ3) is 5.41. The fraction of sp³-hybridized carbons (Fsp3) is 1.00. The van der Waals surface area contributed by atoms with Crippen molar-refractivity contribution in [3.63, 3.8) is 0 Å². The SMILES string of the molecule is CCC(C)C1CN(CCCCOC)C(C(C)C)CN1. The van der Waals surface area contributed by atoms with Gasteiger partial charge in [0.25, 0.3) is 0 Å². The van der Waals surface area contributed by atoms with Gasteiger partial charge in [-0.3, -0.25) is 4.90 Å². The number of ether oxygens (including phenoxy) is 1. The third-order valence-corrected chi connectivity index (χ3v) is 4.63. The highest BCUT2D eigenvalue weighted by molar-refractivity contribution is 4.89. The van der Waals surface area contributed by atoms with Gasteiger partial charge in [0.1, 0.15) is 0 Å². The lowest BCUT2D eigenvalue weighted by molar-refractivity contribution is 0.0776. The molecule has 1 fully saturated rings. The number of methoxy groups -OCH3 is 1. The molecule has 0 aromatic carbocycles. The lowest BCUT2D eigenvalue weighted by Crippen LogP contribution is -2.60. The number of nitrogens with one attached hydrogen (secondary N) is 1. The van der Waals surface area contributed by atoms with Gasteiger partial charge in [-0.25, -0.2) is 0 Å². The second kappa shape index (κ2) is 8.93. The van der Waals surface area contributed by atoms with E-state index in [2.05, 4.69) is 37.9 Å². The topological polar surface area (TPSA) is 24.5 Å². The molecule has 1 rings (SSSR count). The van der Waals surface area contributed by atoms with E-state index < -0.39 is 0 Å². The van der Waals surface area contributed by atoms with Gasteiger partial charge in [-0.05, 0) is 31.2 Å². The van der Waals surface area contributed by atoms with Crippen LogP contribution in [0.4, 0.5) is 0 Å². The van der Waals surface area contributed by atoms with Crippen molar-refractivity contribution < 1.29 is 4.74 Å². The van der Waals surface area contributed by atoms with E-state index in [9.17, 15) is 0 Å². The van der Waals surface area contributed by atoms with Gasteiger partial charge in [-0.1, -0.05) is 34.1 Å². The molecular weight excluding hydrogens is 236 g/mol. The van der Waals surface area contributed by atoms with Gasteiger partial charge in [0.15, 0.2) is 0 Å². The molecule has 0 bridgehead atoms. The van der Waals surface area contributed by atoms with E-state index in [4.69, 9.17) is 4.74 Å². The molecule has 0 radical (unpaired) electrons. The maximum atomic E-state index is 5.15. The van der Waals surface area contributed by atoms with Crippen LogP contribution in [0.1, 0.15) is 47.0 Å². The van der Waals surface area contributed by atoms with Crippen LogP contribution in [0.15, 0.2) is 0 Å². The van der Waals surface area contributed by atoms with Crippen LogP contribution in [-0.4, -0.2) is 50.3 Å². The van der Waals surface area contributed by atoms with Crippen LogP contribution in [-0.2, 0) is 4.74 Å². The van der Waals surface area contributed by atoms with Crippen molar-refractivity contribution >= 4 is 0 Å². The first-order valence-corrected chi connectivity index (χ1v) is 8.06. The van der Waals surface area contributed by atoms with Crippen LogP contribution in [0.3, 0.4) is 0 Å². The first-order valence-electron chi connectivity index (χ1n) is 8.06. The summed E-state index contributed by atoms with van der Waals surface area (Å²) in [5, 5.41) is 3.77. The number of piperazine rings is 1. The van der Waals surface area contributed by atoms with E-state index in [-0.39, 0.29) is 0 Å². The summed E-state index contributed by atoms with van der Waals surface area (Å²) in [7, 11) is 1.79. The van der Waals surface area contributed by atoms with E-state index in [0.717, 1.165) is 25.0 Å². The van der Waals surface area contributed by atoms with Gasteiger partial charge < -0.3 is 10.1 Å². The number of hydrogen-bond acceptors (Lipinski definition) is 3. The molecule has 0 aromatic rings. The molecule has 1 heterocycles. The summed E-state index contributed by atoms with van der Waals surface area (Å²) in [6.45, 7) is 13.8. The Morgan fingerprint density at radius 3 is 2.58 bits per heavy atom. The molecule has 3 atom stereocenters. The number of hydrogen-bond donors (Lipinski definition) is 1. The van der Waals surface area contributed by atoms with E-state index >= 15 is 0 Å². The molecule has 114 valence electrons. The van der Waals surface area contributed by atoms with Crippen molar-refractivity contribution in [3.05, 3.63) is 0 Å². The molecule has 0 amide bonds.